The molecule has 2 nitrogen and oxygen atoms in total. The fourth-order valence-corrected chi connectivity index (χ4v) is 2.19. The van der Waals surface area contributed by atoms with E-state index in [2.05, 4.69) is 9.97 Å². The van der Waals surface area contributed by atoms with Crippen molar-refractivity contribution in [2.75, 3.05) is 0 Å². The summed E-state index contributed by atoms with van der Waals surface area (Å²) in [5, 5.41) is 0.104. The van der Waals surface area contributed by atoms with Crippen LogP contribution >= 0.6 is 11.8 Å². The Morgan fingerprint density at radius 1 is 1.11 bits per heavy atom. The number of aromatic nitrogens is 2. The third-order valence-corrected chi connectivity index (χ3v) is 3.24. The van der Waals surface area contributed by atoms with Crippen molar-refractivity contribution in [3.8, 4) is 0 Å². The van der Waals surface area contributed by atoms with Crippen LogP contribution < -0.4 is 0 Å². The summed E-state index contributed by atoms with van der Waals surface area (Å²) in [4.78, 5) is 7.98. The van der Waals surface area contributed by atoms with E-state index >= 15 is 0 Å². The van der Waals surface area contributed by atoms with Gasteiger partial charge in [0.25, 0.3) is 0 Å². The molecule has 2 rings (SSSR count). The molecule has 0 aliphatic heterocycles. The third-order valence-electron chi connectivity index (χ3n) is 2.27. The van der Waals surface area contributed by atoms with Crippen LogP contribution in [0, 0.1) is 17.5 Å². The van der Waals surface area contributed by atoms with Crippen LogP contribution in [-0.4, -0.2) is 9.97 Å². The standard InChI is InChI=1S/C12H9F3N2S/c1-2-10-11(15)12(17-6-16-10)18-7-3-4-8(13)9(14)5-7/h3-6H,2H2,1H3. The van der Waals surface area contributed by atoms with E-state index in [-0.39, 0.29) is 5.03 Å². The lowest BCUT2D eigenvalue weighted by Gasteiger charge is -2.05. The second-order valence-corrected chi connectivity index (χ2v) is 4.53. The lowest BCUT2D eigenvalue weighted by Crippen LogP contribution is -1.97. The van der Waals surface area contributed by atoms with Crippen molar-refractivity contribution < 1.29 is 13.2 Å². The predicted octanol–water partition coefficient (Wildman–Crippen LogP) is 3.61. The smallest absolute Gasteiger partial charge is 0.177 e. The van der Waals surface area contributed by atoms with Crippen LogP contribution in [0.2, 0.25) is 0 Å². The highest BCUT2D eigenvalue weighted by atomic mass is 32.2. The zero-order chi connectivity index (χ0) is 13.1. The molecule has 0 fully saturated rings. The van der Waals surface area contributed by atoms with Crippen molar-refractivity contribution in [1.82, 2.24) is 9.97 Å². The van der Waals surface area contributed by atoms with E-state index < -0.39 is 17.5 Å². The Morgan fingerprint density at radius 3 is 2.56 bits per heavy atom. The summed E-state index contributed by atoms with van der Waals surface area (Å²) < 4.78 is 39.6. The fourth-order valence-electron chi connectivity index (χ4n) is 1.36. The largest absolute Gasteiger partial charge is 0.238 e. The zero-order valence-electron chi connectivity index (χ0n) is 9.45. The normalized spacial score (nSPS) is 10.7. The Bertz CT molecular complexity index is 575. The molecule has 0 saturated heterocycles. The molecule has 1 aromatic carbocycles. The second kappa shape index (κ2) is 5.39. The molecule has 2 aromatic rings. The van der Waals surface area contributed by atoms with Gasteiger partial charge in [-0.25, -0.2) is 23.1 Å². The highest BCUT2D eigenvalue weighted by Crippen LogP contribution is 2.29. The molecule has 6 heteroatoms. The van der Waals surface area contributed by atoms with E-state index in [0.29, 0.717) is 17.0 Å². The maximum Gasteiger partial charge on any atom is 0.177 e. The van der Waals surface area contributed by atoms with E-state index in [1.165, 1.54) is 12.4 Å². The van der Waals surface area contributed by atoms with Gasteiger partial charge >= 0.3 is 0 Å². The Labute approximate surface area is 106 Å². The third kappa shape index (κ3) is 2.64. The Balaban J connectivity index is 2.31. The van der Waals surface area contributed by atoms with Crippen LogP contribution in [0.3, 0.4) is 0 Å². The van der Waals surface area contributed by atoms with Crippen molar-refractivity contribution in [2.45, 2.75) is 23.3 Å². The number of benzene rings is 1. The molecule has 0 N–H and O–H groups in total. The molecule has 94 valence electrons. The van der Waals surface area contributed by atoms with Crippen molar-refractivity contribution in [1.29, 1.82) is 0 Å². The van der Waals surface area contributed by atoms with E-state index in [4.69, 9.17) is 0 Å². The summed E-state index contributed by atoms with van der Waals surface area (Å²) >= 11 is 0.934. The lowest BCUT2D eigenvalue weighted by atomic mass is 10.3. The van der Waals surface area contributed by atoms with Gasteiger partial charge in [-0.05, 0) is 24.6 Å². The number of halogens is 3. The second-order valence-electron chi connectivity index (χ2n) is 3.47. The van der Waals surface area contributed by atoms with Crippen molar-refractivity contribution in [2.24, 2.45) is 0 Å². The van der Waals surface area contributed by atoms with E-state index in [9.17, 15) is 13.2 Å². The topological polar surface area (TPSA) is 25.8 Å². The van der Waals surface area contributed by atoms with Crippen LogP contribution in [0.4, 0.5) is 13.2 Å². The molecule has 0 unspecified atom stereocenters. The van der Waals surface area contributed by atoms with Gasteiger partial charge in [-0.3, -0.25) is 0 Å². The Kier molecular flexibility index (Phi) is 3.86. The molecule has 0 radical (unpaired) electrons. The number of hydrogen-bond acceptors (Lipinski definition) is 3. The van der Waals surface area contributed by atoms with Gasteiger partial charge in [0.2, 0.25) is 0 Å². The monoisotopic (exact) mass is 270 g/mol. The Hall–Kier alpha value is -1.56. The van der Waals surface area contributed by atoms with Crippen LogP contribution in [0.5, 0.6) is 0 Å². The summed E-state index contributed by atoms with van der Waals surface area (Å²) in [5.41, 5.74) is 0.301. The number of aryl methyl sites for hydroxylation is 1. The molecule has 0 atom stereocenters. The first-order valence-corrected chi connectivity index (χ1v) is 6.05. The molecule has 0 amide bonds. The average molecular weight is 270 g/mol. The van der Waals surface area contributed by atoms with E-state index in [1.807, 2.05) is 0 Å². The molecule has 18 heavy (non-hydrogen) atoms. The SMILES string of the molecule is CCc1ncnc(Sc2ccc(F)c(F)c2)c1F. The van der Waals surface area contributed by atoms with Gasteiger partial charge in [-0.15, -0.1) is 0 Å². The first kappa shape index (κ1) is 12.9. The van der Waals surface area contributed by atoms with Crippen molar-refractivity contribution in [3.05, 3.63) is 47.7 Å². The fraction of sp³-hybridized carbons (Fsp3) is 0.167. The number of nitrogens with zero attached hydrogens (tertiary/aromatic N) is 2. The van der Waals surface area contributed by atoms with Crippen molar-refractivity contribution >= 4 is 11.8 Å². The minimum atomic E-state index is -0.967. The molecule has 1 heterocycles. The Morgan fingerprint density at radius 2 is 1.89 bits per heavy atom. The van der Waals surface area contributed by atoms with Gasteiger partial charge < -0.3 is 0 Å². The van der Waals surface area contributed by atoms with Crippen LogP contribution in [0.25, 0.3) is 0 Å². The van der Waals surface area contributed by atoms with Crippen LogP contribution in [-0.2, 0) is 6.42 Å². The van der Waals surface area contributed by atoms with Gasteiger partial charge in [0, 0.05) is 4.90 Å². The van der Waals surface area contributed by atoms with Crippen LogP contribution in [0.1, 0.15) is 12.6 Å². The minimum Gasteiger partial charge on any atom is -0.238 e. The van der Waals surface area contributed by atoms with Crippen molar-refractivity contribution in [3.63, 3.8) is 0 Å². The van der Waals surface area contributed by atoms with Gasteiger partial charge in [0.05, 0.1) is 5.69 Å². The summed E-state index contributed by atoms with van der Waals surface area (Å²) in [5.74, 6) is -2.42. The average Bonchev–Trinajstić information content (AvgIpc) is 2.36. The van der Waals surface area contributed by atoms with Crippen LogP contribution in [0.15, 0.2) is 34.4 Å². The number of rotatable bonds is 3. The first-order valence-electron chi connectivity index (χ1n) is 5.24. The highest BCUT2D eigenvalue weighted by Gasteiger charge is 2.12. The summed E-state index contributed by atoms with van der Waals surface area (Å²) in [7, 11) is 0. The quantitative estimate of drug-likeness (QED) is 0.797. The minimum absolute atomic E-state index is 0.104. The first-order chi connectivity index (χ1) is 8.61. The van der Waals surface area contributed by atoms with E-state index in [0.717, 1.165) is 23.9 Å². The summed E-state index contributed by atoms with van der Waals surface area (Å²) in [6.07, 6.45) is 1.70. The molecule has 0 aliphatic carbocycles. The molecule has 0 bridgehead atoms. The molecule has 0 spiro atoms. The summed E-state index contributed by atoms with van der Waals surface area (Å²) in [6, 6.07) is 3.38. The van der Waals surface area contributed by atoms with E-state index in [1.54, 1.807) is 6.92 Å². The molecular formula is C12H9F3N2S. The van der Waals surface area contributed by atoms with Gasteiger partial charge in [-0.2, -0.15) is 0 Å². The lowest BCUT2D eigenvalue weighted by molar-refractivity contribution is 0.506. The maximum atomic E-state index is 13.8. The maximum absolute atomic E-state index is 13.8. The van der Waals surface area contributed by atoms with Gasteiger partial charge in [0.1, 0.15) is 11.4 Å². The summed E-state index contributed by atoms with van der Waals surface area (Å²) in [6.45, 7) is 1.78. The molecule has 0 aliphatic rings. The van der Waals surface area contributed by atoms with Gasteiger partial charge in [-0.1, -0.05) is 18.7 Å². The molecule has 1 aromatic heterocycles. The molecular weight excluding hydrogens is 261 g/mol. The predicted molar refractivity (Wildman–Crippen MR) is 61.8 cm³/mol. The highest BCUT2D eigenvalue weighted by molar-refractivity contribution is 7.99. The van der Waals surface area contributed by atoms with Gasteiger partial charge in [0.15, 0.2) is 17.5 Å². The molecule has 0 saturated carbocycles. The number of hydrogen-bond donors (Lipinski definition) is 0. The zero-order valence-corrected chi connectivity index (χ0v) is 10.3.